The largest absolute Gasteiger partial charge is 0.485 e. The van der Waals surface area contributed by atoms with Gasteiger partial charge in [0.05, 0.1) is 0 Å². The predicted octanol–water partition coefficient (Wildman–Crippen LogP) is 3.70. The van der Waals surface area contributed by atoms with Gasteiger partial charge in [-0.1, -0.05) is 12.1 Å². The number of carbonyl (C=O) groups excluding carboxylic acids is 1. The first-order chi connectivity index (χ1) is 12.1. The Bertz CT molecular complexity index is 728. The number of benzene rings is 2. The van der Waals surface area contributed by atoms with Crippen molar-refractivity contribution in [2.75, 3.05) is 23.4 Å². The van der Waals surface area contributed by atoms with Gasteiger partial charge < -0.3 is 19.7 Å². The molecule has 25 heavy (non-hydrogen) atoms. The number of hydrogen-bond acceptors (Lipinski definition) is 4. The van der Waals surface area contributed by atoms with Gasteiger partial charge >= 0.3 is 0 Å². The van der Waals surface area contributed by atoms with Gasteiger partial charge in [0, 0.05) is 24.0 Å². The summed E-state index contributed by atoms with van der Waals surface area (Å²) < 4.78 is 11.3. The molecule has 0 spiro atoms. The van der Waals surface area contributed by atoms with Gasteiger partial charge in [0.25, 0.3) is 5.91 Å². The minimum atomic E-state index is -0.655. The van der Waals surface area contributed by atoms with Gasteiger partial charge in [0.2, 0.25) is 6.10 Å². The number of amides is 1. The van der Waals surface area contributed by atoms with E-state index in [1.807, 2.05) is 42.5 Å². The highest BCUT2D eigenvalue weighted by Gasteiger charge is 2.27. The number of fused-ring (bicyclic) bond motifs is 1. The molecule has 1 aliphatic heterocycles. The van der Waals surface area contributed by atoms with E-state index in [9.17, 15) is 4.79 Å². The molecule has 5 nitrogen and oxygen atoms in total. The Morgan fingerprint density at radius 3 is 2.48 bits per heavy atom. The molecule has 1 aliphatic rings. The zero-order valence-corrected chi connectivity index (χ0v) is 14.9. The molecule has 0 aromatic heterocycles. The molecule has 132 valence electrons. The van der Waals surface area contributed by atoms with E-state index in [2.05, 4.69) is 31.0 Å². The maximum atomic E-state index is 12.4. The minimum absolute atomic E-state index is 0.206. The van der Waals surface area contributed by atoms with Crippen LogP contribution in [0.1, 0.15) is 20.8 Å². The Hall–Kier alpha value is -2.69. The molecule has 2 aromatic carbocycles. The van der Waals surface area contributed by atoms with Crippen LogP contribution >= 0.6 is 0 Å². The van der Waals surface area contributed by atoms with Crippen LogP contribution in [0.3, 0.4) is 0 Å². The predicted molar refractivity (Wildman–Crippen MR) is 99.6 cm³/mol. The topological polar surface area (TPSA) is 50.8 Å². The van der Waals surface area contributed by atoms with E-state index in [0.29, 0.717) is 17.5 Å². The second-order valence-corrected chi connectivity index (χ2v) is 6.28. The lowest BCUT2D eigenvalue weighted by Gasteiger charge is -2.28. The Labute approximate surface area is 148 Å². The van der Waals surface area contributed by atoms with Gasteiger partial charge in [-0.25, -0.2) is 0 Å². The van der Waals surface area contributed by atoms with Crippen LogP contribution in [-0.4, -0.2) is 31.2 Å². The quantitative estimate of drug-likeness (QED) is 0.902. The fourth-order valence-electron chi connectivity index (χ4n) is 2.95. The lowest BCUT2D eigenvalue weighted by atomic mass is 10.2. The molecule has 0 radical (unpaired) electrons. The van der Waals surface area contributed by atoms with Crippen LogP contribution in [0.2, 0.25) is 0 Å². The zero-order valence-electron chi connectivity index (χ0n) is 14.9. The molecule has 1 amide bonds. The van der Waals surface area contributed by atoms with Gasteiger partial charge in [-0.2, -0.15) is 0 Å². The second-order valence-electron chi connectivity index (χ2n) is 6.28. The van der Waals surface area contributed by atoms with Crippen molar-refractivity contribution in [2.24, 2.45) is 0 Å². The first-order valence-electron chi connectivity index (χ1n) is 8.64. The molecular weight excluding hydrogens is 316 g/mol. The average molecular weight is 340 g/mol. The summed E-state index contributed by atoms with van der Waals surface area (Å²) in [6.07, 6.45) is -0.655. The summed E-state index contributed by atoms with van der Waals surface area (Å²) in [6, 6.07) is 15.7. The van der Waals surface area contributed by atoms with Crippen LogP contribution in [-0.2, 0) is 4.79 Å². The van der Waals surface area contributed by atoms with Crippen LogP contribution in [0, 0.1) is 0 Å². The zero-order chi connectivity index (χ0) is 17.8. The SMILES string of the molecule is CCN(c1ccc(NC(=O)C2COc3ccccc3O2)cc1)C(C)C. The van der Waals surface area contributed by atoms with Crippen molar-refractivity contribution in [3.05, 3.63) is 48.5 Å². The molecule has 1 atom stereocenters. The number of para-hydroxylation sites is 2. The standard InChI is InChI=1S/C20H24N2O3/c1-4-22(14(2)3)16-11-9-15(10-12-16)21-20(23)19-13-24-17-7-5-6-8-18(17)25-19/h5-12,14,19H,4,13H2,1-3H3,(H,21,23). The average Bonchev–Trinajstić information content (AvgIpc) is 2.63. The van der Waals surface area contributed by atoms with E-state index < -0.39 is 6.10 Å². The Balaban J connectivity index is 1.64. The summed E-state index contributed by atoms with van der Waals surface area (Å²) >= 11 is 0. The van der Waals surface area contributed by atoms with E-state index in [1.54, 1.807) is 6.07 Å². The van der Waals surface area contributed by atoms with E-state index in [0.717, 1.165) is 17.9 Å². The number of rotatable bonds is 5. The van der Waals surface area contributed by atoms with Crippen molar-refractivity contribution >= 4 is 17.3 Å². The van der Waals surface area contributed by atoms with Gasteiger partial charge in [-0.05, 0) is 57.2 Å². The molecule has 1 heterocycles. The fraction of sp³-hybridized carbons (Fsp3) is 0.350. The molecule has 2 aromatic rings. The first-order valence-corrected chi connectivity index (χ1v) is 8.64. The summed E-state index contributed by atoms with van der Waals surface area (Å²) in [4.78, 5) is 14.7. The van der Waals surface area contributed by atoms with Crippen molar-refractivity contribution in [1.29, 1.82) is 0 Å². The molecular formula is C20H24N2O3. The van der Waals surface area contributed by atoms with Crippen molar-refractivity contribution in [1.82, 2.24) is 0 Å². The summed E-state index contributed by atoms with van der Waals surface area (Å²) in [5.41, 5.74) is 1.89. The third-order valence-electron chi connectivity index (χ3n) is 4.23. The van der Waals surface area contributed by atoms with E-state index in [1.165, 1.54) is 0 Å². The molecule has 5 heteroatoms. The molecule has 1 unspecified atom stereocenters. The van der Waals surface area contributed by atoms with Gasteiger partial charge in [-0.15, -0.1) is 0 Å². The van der Waals surface area contributed by atoms with Gasteiger partial charge in [0.15, 0.2) is 11.5 Å². The van der Waals surface area contributed by atoms with Crippen molar-refractivity contribution in [2.45, 2.75) is 32.9 Å². The highest BCUT2D eigenvalue weighted by Crippen LogP contribution is 2.31. The number of nitrogens with one attached hydrogen (secondary N) is 1. The normalized spacial score (nSPS) is 15.8. The van der Waals surface area contributed by atoms with E-state index in [4.69, 9.17) is 9.47 Å². The lowest BCUT2D eigenvalue weighted by Crippen LogP contribution is -2.40. The molecule has 0 aliphatic carbocycles. The highest BCUT2D eigenvalue weighted by atomic mass is 16.6. The van der Waals surface area contributed by atoms with E-state index >= 15 is 0 Å². The monoisotopic (exact) mass is 340 g/mol. The number of anilines is 2. The summed E-state index contributed by atoms with van der Waals surface area (Å²) in [5.74, 6) is 1.06. The third kappa shape index (κ3) is 3.87. The summed E-state index contributed by atoms with van der Waals surface area (Å²) in [6.45, 7) is 7.61. The van der Waals surface area contributed by atoms with Crippen LogP contribution in [0.15, 0.2) is 48.5 Å². The van der Waals surface area contributed by atoms with Crippen molar-refractivity contribution < 1.29 is 14.3 Å². The maximum Gasteiger partial charge on any atom is 0.269 e. The van der Waals surface area contributed by atoms with Crippen molar-refractivity contribution in [3.63, 3.8) is 0 Å². The maximum absolute atomic E-state index is 12.4. The van der Waals surface area contributed by atoms with Crippen molar-refractivity contribution in [3.8, 4) is 11.5 Å². The second kappa shape index (κ2) is 7.47. The minimum Gasteiger partial charge on any atom is -0.485 e. The molecule has 0 saturated carbocycles. The summed E-state index contributed by atoms with van der Waals surface area (Å²) in [7, 11) is 0. The Morgan fingerprint density at radius 1 is 1.16 bits per heavy atom. The number of hydrogen-bond donors (Lipinski definition) is 1. The number of carbonyl (C=O) groups is 1. The Morgan fingerprint density at radius 2 is 1.84 bits per heavy atom. The fourth-order valence-corrected chi connectivity index (χ4v) is 2.95. The van der Waals surface area contributed by atoms with Crippen LogP contribution in [0.4, 0.5) is 11.4 Å². The summed E-state index contributed by atoms with van der Waals surface area (Å²) in [5, 5.41) is 2.89. The number of ether oxygens (including phenoxy) is 2. The molecule has 1 N–H and O–H groups in total. The van der Waals surface area contributed by atoms with Crippen LogP contribution in [0.5, 0.6) is 11.5 Å². The van der Waals surface area contributed by atoms with Crippen LogP contribution in [0.25, 0.3) is 0 Å². The number of nitrogens with zero attached hydrogens (tertiary/aromatic N) is 1. The molecule has 0 fully saturated rings. The van der Waals surface area contributed by atoms with Gasteiger partial charge in [0.1, 0.15) is 6.61 Å². The molecule has 0 saturated heterocycles. The Kier molecular flexibility index (Phi) is 5.12. The van der Waals surface area contributed by atoms with Crippen LogP contribution < -0.4 is 19.7 Å². The first kappa shape index (κ1) is 17.1. The van der Waals surface area contributed by atoms with E-state index in [-0.39, 0.29) is 12.5 Å². The van der Waals surface area contributed by atoms with Gasteiger partial charge in [-0.3, -0.25) is 4.79 Å². The smallest absolute Gasteiger partial charge is 0.269 e. The molecule has 0 bridgehead atoms. The lowest BCUT2D eigenvalue weighted by molar-refractivity contribution is -0.125. The molecule has 3 rings (SSSR count). The third-order valence-corrected chi connectivity index (χ3v) is 4.23. The highest BCUT2D eigenvalue weighted by molar-refractivity contribution is 5.94.